The van der Waals surface area contributed by atoms with Gasteiger partial charge in [0.05, 0.1) is 36.5 Å². The summed E-state index contributed by atoms with van der Waals surface area (Å²) in [5.41, 5.74) is -1.14. The molecule has 2 aromatic heterocycles. The van der Waals surface area contributed by atoms with Crippen molar-refractivity contribution in [1.82, 2.24) is 15.3 Å². The summed E-state index contributed by atoms with van der Waals surface area (Å²) in [6.07, 6.45) is -4.02. The van der Waals surface area contributed by atoms with Crippen LogP contribution in [-0.2, 0) is 5.60 Å². The summed E-state index contributed by atoms with van der Waals surface area (Å²) < 4.78 is 83.0. The van der Waals surface area contributed by atoms with Crippen molar-refractivity contribution in [2.45, 2.75) is 18.7 Å². The maximum absolute atomic E-state index is 14.6. The zero-order chi connectivity index (χ0) is 32.6. The zero-order valence-corrected chi connectivity index (χ0v) is 25.0. The van der Waals surface area contributed by atoms with Crippen molar-refractivity contribution in [3.8, 4) is 22.8 Å². The number of aromatic nitrogens is 2. The highest BCUT2D eigenvalue weighted by Crippen LogP contribution is 2.42. The number of halogens is 7. The van der Waals surface area contributed by atoms with Crippen molar-refractivity contribution in [1.29, 1.82) is 0 Å². The molecule has 2 aromatic carbocycles. The zero-order valence-electron chi connectivity index (χ0n) is 22.7. The monoisotopic (exact) mass is 702 g/mol. The normalized spacial score (nSPS) is 13.0. The highest BCUT2D eigenvalue weighted by atomic mass is 79.9. The summed E-state index contributed by atoms with van der Waals surface area (Å²) >= 11 is 9.00. The first-order chi connectivity index (χ1) is 20.6. The van der Waals surface area contributed by atoms with Gasteiger partial charge in [-0.15, -0.1) is 0 Å². The molecule has 1 atom stereocenters. The van der Waals surface area contributed by atoms with Crippen molar-refractivity contribution < 1.29 is 46.1 Å². The van der Waals surface area contributed by atoms with Gasteiger partial charge in [0.25, 0.3) is 11.8 Å². The fourth-order valence-corrected chi connectivity index (χ4v) is 4.79. The molecule has 9 nitrogen and oxygen atoms in total. The second-order valence-electron chi connectivity index (χ2n) is 9.23. The highest BCUT2D eigenvalue weighted by Gasteiger charge is 2.57. The van der Waals surface area contributed by atoms with Crippen LogP contribution in [0, 0.1) is 11.6 Å². The molecule has 0 spiro atoms. The number of nitrogens with two attached hydrogens (primary N) is 1. The van der Waals surface area contributed by atoms with Gasteiger partial charge < -0.3 is 25.6 Å². The number of ether oxygens (including phenoxy) is 2. The number of hydrogen-bond donors (Lipinski definition) is 3. The number of nitrogens with zero attached hydrogens (tertiary/aromatic N) is 2. The molecule has 0 saturated heterocycles. The second-order valence-corrected chi connectivity index (χ2v) is 10.6. The Morgan fingerprint density at radius 2 is 1.84 bits per heavy atom. The Hall–Kier alpha value is -4.08. The van der Waals surface area contributed by atoms with Crippen LogP contribution in [-0.4, -0.2) is 53.3 Å². The molecule has 0 aliphatic heterocycles. The van der Waals surface area contributed by atoms with Crippen molar-refractivity contribution in [2.75, 3.05) is 20.3 Å². The molecule has 2 amide bonds. The lowest BCUT2D eigenvalue weighted by Crippen LogP contribution is -2.51. The van der Waals surface area contributed by atoms with Crippen molar-refractivity contribution in [3.05, 3.63) is 80.5 Å². The fourth-order valence-electron chi connectivity index (χ4n) is 4.23. The number of pyridine rings is 2. The van der Waals surface area contributed by atoms with Gasteiger partial charge >= 0.3 is 6.18 Å². The van der Waals surface area contributed by atoms with E-state index >= 15 is 0 Å². The van der Waals surface area contributed by atoms with E-state index in [4.69, 9.17) is 26.8 Å². The average Bonchev–Trinajstić information content (AvgIpc) is 2.96. The number of benzene rings is 2. The molecule has 0 unspecified atom stereocenters. The van der Waals surface area contributed by atoms with Gasteiger partial charge in [-0.25, -0.2) is 13.8 Å². The predicted octanol–water partition coefficient (Wildman–Crippen LogP) is 5.68. The molecule has 0 aliphatic carbocycles. The molecule has 0 fully saturated rings. The number of carbonyl (C=O) groups is 2. The van der Waals surface area contributed by atoms with E-state index in [0.29, 0.717) is 27.5 Å². The van der Waals surface area contributed by atoms with Crippen LogP contribution < -0.4 is 20.5 Å². The number of hydrogen-bond acceptors (Lipinski definition) is 7. The summed E-state index contributed by atoms with van der Waals surface area (Å²) in [5.74, 6) is -5.57. The minimum absolute atomic E-state index is 0.131. The molecule has 0 aliphatic rings. The highest BCUT2D eigenvalue weighted by molar-refractivity contribution is 9.10. The molecule has 0 bridgehead atoms. The molecule has 232 valence electrons. The maximum Gasteiger partial charge on any atom is 0.424 e. The molecule has 2 heterocycles. The molecule has 0 saturated carbocycles. The summed E-state index contributed by atoms with van der Waals surface area (Å²) in [4.78, 5) is 33.5. The van der Waals surface area contributed by atoms with Gasteiger partial charge in [-0.3, -0.25) is 14.6 Å². The SMILES string of the molecule is CCOc1c(C(N)=O)cc([C@@](O)(CNC(=O)c2cc(OC)c3ncc(Br)cc3c2)C(F)(F)F)nc1-c1cc(F)c(F)c(Cl)c1. The van der Waals surface area contributed by atoms with Crippen LogP contribution in [0.1, 0.15) is 33.3 Å². The van der Waals surface area contributed by atoms with Crippen LogP contribution in [0.2, 0.25) is 5.02 Å². The number of alkyl halides is 3. The average molecular weight is 704 g/mol. The minimum Gasteiger partial charge on any atom is -0.494 e. The molecular weight excluding hydrogens is 683 g/mol. The number of aliphatic hydroxyl groups is 1. The standard InChI is InChI=1S/C28H21BrClF5N4O5/c1-3-44-24-16(25(36)40)9-20(39-23(24)13-6-17(30)21(32)18(31)7-13)27(42,28(33,34)35)11-38-26(41)14-4-12-5-15(29)10-37-22(12)19(8-14)43-2/h4-10,42H,3,11H2,1-2H3,(H2,36,40)(H,38,41)/t27-/m0/s1. The van der Waals surface area contributed by atoms with Gasteiger partial charge in [0.2, 0.25) is 5.60 Å². The number of primary amides is 1. The number of amides is 2. The van der Waals surface area contributed by atoms with E-state index in [-0.39, 0.29) is 17.9 Å². The van der Waals surface area contributed by atoms with Crippen LogP contribution >= 0.6 is 27.5 Å². The maximum atomic E-state index is 14.6. The Morgan fingerprint density at radius 3 is 2.43 bits per heavy atom. The number of rotatable bonds is 9. The Morgan fingerprint density at radius 1 is 1.14 bits per heavy atom. The fraction of sp³-hybridized carbons (Fsp3) is 0.214. The van der Waals surface area contributed by atoms with Crippen LogP contribution in [0.3, 0.4) is 0 Å². The van der Waals surface area contributed by atoms with Gasteiger partial charge in [-0.2, -0.15) is 13.2 Å². The first-order valence-electron chi connectivity index (χ1n) is 12.4. The lowest BCUT2D eigenvalue weighted by atomic mass is 9.94. The van der Waals surface area contributed by atoms with Crippen LogP contribution in [0.25, 0.3) is 22.2 Å². The predicted molar refractivity (Wildman–Crippen MR) is 153 cm³/mol. The Bertz CT molecular complexity index is 1770. The lowest BCUT2D eigenvalue weighted by molar-refractivity contribution is -0.265. The topological polar surface area (TPSA) is 137 Å². The second kappa shape index (κ2) is 12.5. The first kappa shape index (κ1) is 32.8. The molecule has 0 radical (unpaired) electrons. The van der Waals surface area contributed by atoms with E-state index < -0.39 is 75.1 Å². The van der Waals surface area contributed by atoms with Crippen LogP contribution in [0.15, 0.2) is 47.1 Å². The number of fused-ring (bicyclic) bond motifs is 1. The molecule has 44 heavy (non-hydrogen) atoms. The van der Waals surface area contributed by atoms with Crippen LogP contribution in [0.5, 0.6) is 11.5 Å². The molecule has 16 heteroatoms. The first-order valence-corrected chi connectivity index (χ1v) is 13.6. The Labute approximate surface area is 259 Å². The van der Waals surface area contributed by atoms with Gasteiger partial charge in [0.15, 0.2) is 17.4 Å². The van der Waals surface area contributed by atoms with Crippen LogP contribution in [0.4, 0.5) is 22.0 Å². The third-order valence-electron chi connectivity index (χ3n) is 6.38. The molecule has 4 N–H and O–H groups in total. The van der Waals surface area contributed by atoms with Gasteiger partial charge in [0.1, 0.15) is 17.0 Å². The number of nitrogens with one attached hydrogen (secondary N) is 1. The third-order valence-corrected chi connectivity index (χ3v) is 7.09. The van der Waals surface area contributed by atoms with E-state index in [2.05, 4.69) is 25.9 Å². The summed E-state index contributed by atoms with van der Waals surface area (Å²) in [6.45, 7) is -0.172. The summed E-state index contributed by atoms with van der Waals surface area (Å²) in [7, 11) is 1.31. The van der Waals surface area contributed by atoms with E-state index in [0.717, 1.165) is 6.07 Å². The van der Waals surface area contributed by atoms with Gasteiger partial charge in [-0.05, 0) is 59.3 Å². The smallest absolute Gasteiger partial charge is 0.424 e. The number of methoxy groups -OCH3 is 1. The summed E-state index contributed by atoms with van der Waals surface area (Å²) in [6, 6.07) is 6.15. The molecular formula is C28H21BrClF5N4O5. The molecule has 4 rings (SSSR count). The van der Waals surface area contributed by atoms with Crippen molar-refractivity contribution in [2.24, 2.45) is 5.73 Å². The van der Waals surface area contributed by atoms with Gasteiger partial charge in [0, 0.05) is 27.2 Å². The van der Waals surface area contributed by atoms with E-state index in [1.807, 2.05) is 5.32 Å². The Balaban J connectivity index is 1.84. The van der Waals surface area contributed by atoms with E-state index in [1.54, 1.807) is 6.07 Å². The lowest BCUT2D eigenvalue weighted by Gasteiger charge is -2.31. The van der Waals surface area contributed by atoms with Crippen molar-refractivity contribution >= 4 is 50.2 Å². The summed E-state index contributed by atoms with van der Waals surface area (Å²) in [5, 5.41) is 12.8. The van der Waals surface area contributed by atoms with Crippen molar-refractivity contribution in [3.63, 3.8) is 0 Å². The van der Waals surface area contributed by atoms with E-state index in [1.165, 1.54) is 32.4 Å². The number of carbonyl (C=O) groups excluding carboxylic acids is 2. The Kier molecular flexibility index (Phi) is 9.32. The quantitative estimate of drug-likeness (QED) is 0.151. The van der Waals surface area contributed by atoms with E-state index in [9.17, 15) is 36.6 Å². The largest absolute Gasteiger partial charge is 0.494 e. The third kappa shape index (κ3) is 6.25. The van der Waals surface area contributed by atoms with Gasteiger partial charge in [-0.1, -0.05) is 11.6 Å². The molecule has 4 aromatic rings. The minimum atomic E-state index is -5.51.